The van der Waals surface area contributed by atoms with E-state index in [1.807, 2.05) is 18.6 Å². The minimum atomic E-state index is 0.266. The summed E-state index contributed by atoms with van der Waals surface area (Å²) in [4.78, 5) is 16.2. The molecule has 5 aromatic rings. The van der Waals surface area contributed by atoms with E-state index in [9.17, 15) is 0 Å². The van der Waals surface area contributed by atoms with Crippen molar-refractivity contribution in [3.63, 3.8) is 0 Å². The summed E-state index contributed by atoms with van der Waals surface area (Å²) in [6.07, 6.45) is 10.5. The number of oxazole rings is 1. The van der Waals surface area contributed by atoms with Gasteiger partial charge in [-0.25, -0.2) is 9.97 Å². The van der Waals surface area contributed by atoms with Crippen molar-refractivity contribution in [3.05, 3.63) is 102 Å². The molecule has 2 aromatic carbocycles. The third kappa shape index (κ3) is 3.94. The molecule has 0 bridgehead atoms. The van der Waals surface area contributed by atoms with Gasteiger partial charge in [0.2, 0.25) is 5.89 Å². The van der Waals surface area contributed by atoms with Crippen molar-refractivity contribution in [2.75, 3.05) is 0 Å². The van der Waals surface area contributed by atoms with Crippen LogP contribution in [0.2, 0.25) is 0 Å². The van der Waals surface area contributed by atoms with E-state index in [0.29, 0.717) is 5.89 Å². The average molecular weight is 436 g/mol. The van der Waals surface area contributed by atoms with E-state index in [2.05, 4.69) is 74.0 Å². The van der Waals surface area contributed by atoms with Crippen molar-refractivity contribution >= 4 is 11.0 Å². The van der Waals surface area contributed by atoms with Crippen LogP contribution in [0, 0.1) is 0 Å². The highest BCUT2D eigenvalue weighted by Gasteiger charge is 2.28. The van der Waals surface area contributed by atoms with Gasteiger partial charge in [0, 0.05) is 18.3 Å². The van der Waals surface area contributed by atoms with Crippen LogP contribution in [0.1, 0.15) is 35.7 Å². The fourth-order valence-corrected chi connectivity index (χ4v) is 4.87. The third-order valence-corrected chi connectivity index (χ3v) is 6.49. The molecule has 0 saturated heterocycles. The van der Waals surface area contributed by atoms with Crippen LogP contribution in [0.5, 0.6) is 0 Å². The lowest BCUT2D eigenvalue weighted by Gasteiger charge is -2.35. The van der Waals surface area contributed by atoms with Crippen LogP contribution in [0.15, 0.2) is 90.1 Å². The Balaban J connectivity index is 1.34. The fourth-order valence-electron chi connectivity index (χ4n) is 4.87. The first-order valence-electron chi connectivity index (χ1n) is 11.4. The molecular formula is C27H25N5O. The predicted octanol–water partition coefficient (Wildman–Crippen LogP) is 5.62. The lowest BCUT2D eigenvalue weighted by Crippen LogP contribution is -2.33. The quantitative estimate of drug-likeness (QED) is 0.346. The van der Waals surface area contributed by atoms with Crippen molar-refractivity contribution < 1.29 is 4.42 Å². The maximum absolute atomic E-state index is 5.45. The van der Waals surface area contributed by atoms with Crippen molar-refractivity contribution in [2.45, 2.75) is 38.5 Å². The molecule has 1 aliphatic carbocycles. The molecule has 6 heteroatoms. The van der Waals surface area contributed by atoms with Crippen LogP contribution < -0.4 is 0 Å². The van der Waals surface area contributed by atoms with E-state index in [0.717, 1.165) is 42.7 Å². The standard InChI is InChI=1S/C27H25N5O/c1-2-8-24-23(7-1)30-18-32(24)19-31(25-9-3-5-21-6-4-14-28-26(21)25)17-20-10-12-22(13-11-20)27-29-15-16-33-27/h1-2,4,6-8,10-16,18,25H,3,5,9,17,19H2. The van der Waals surface area contributed by atoms with Gasteiger partial charge < -0.3 is 8.98 Å². The molecule has 1 unspecified atom stereocenters. The molecule has 164 valence electrons. The highest BCUT2D eigenvalue weighted by atomic mass is 16.3. The maximum Gasteiger partial charge on any atom is 0.225 e. The predicted molar refractivity (Wildman–Crippen MR) is 127 cm³/mol. The largest absolute Gasteiger partial charge is 0.445 e. The van der Waals surface area contributed by atoms with Gasteiger partial charge in [-0.15, -0.1) is 0 Å². The Morgan fingerprint density at radius 2 is 1.85 bits per heavy atom. The summed E-state index contributed by atoms with van der Waals surface area (Å²) in [5.74, 6) is 0.647. The van der Waals surface area contributed by atoms with Crippen LogP contribution >= 0.6 is 0 Å². The smallest absolute Gasteiger partial charge is 0.225 e. The van der Waals surface area contributed by atoms with Crippen LogP contribution in [0.25, 0.3) is 22.5 Å². The molecule has 6 nitrogen and oxygen atoms in total. The van der Waals surface area contributed by atoms with Crippen LogP contribution in [0.4, 0.5) is 0 Å². The van der Waals surface area contributed by atoms with E-state index >= 15 is 0 Å². The Hall–Kier alpha value is -3.77. The van der Waals surface area contributed by atoms with Crippen molar-refractivity contribution in [3.8, 4) is 11.5 Å². The SMILES string of the molecule is c1cnc2c(c1)CCCC2N(Cc1ccc(-c2ncco2)cc1)Cn1cnc2ccccc21. The lowest BCUT2D eigenvalue weighted by molar-refractivity contribution is 0.126. The van der Waals surface area contributed by atoms with Gasteiger partial charge in [-0.1, -0.05) is 30.3 Å². The van der Waals surface area contributed by atoms with Gasteiger partial charge in [0.05, 0.1) is 42.0 Å². The zero-order valence-electron chi connectivity index (χ0n) is 18.3. The van der Waals surface area contributed by atoms with E-state index in [-0.39, 0.29) is 6.04 Å². The number of rotatable bonds is 6. The van der Waals surface area contributed by atoms with E-state index in [4.69, 9.17) is 9.40 Å². The number of para-hydroxylation sites is 2. The summed E-state index contributed by atoms with van der Waals surface area (Å²) in [6, 6.07) is 21.4. The molecule has 0 fully saturated rings. The number of aromatic nitrogens is 4. The third-order valence-electron chi connectivity index (χ3n) is 6.49. The monoisotopic (exact) mass is 435 g/mol. The first-order valence-corrected chi connectivity index (χ1v) is 11.4. The van der Waals surface area contributed by atoms with Crippen LogP contribution in [-0.2, 0) is 19.6 Å². The molecule has 1 aliphatic rings. The Labute approximate surface area is 192 Å². The lowest BCUT2D eigenvalue weighted by atomic mass is 9.90. The van der Waals surface area contributed by atoms with Gasteiger partial charge in [-0.3, -0.25) is 9.88 Å². The van der Waals surface area contributed by atoms with Gasteiger partial charge in [0.15, 0.2) is 0 Å². The number of nitrogens with zero attached hydrogens (tertiary/aromatic N) is 5. The molecule has 1 atom stereocenters. The number of hydrogen-bond acceptors (Lipinski definition) is 5. The first kappa shape index (κ1) is 19.9. The zero-order valence-corrected chi connectivity index (χ0v) is 18.3. The van der Waals surface area contributed by atoms with Crippen molar-refractivity contribution in [2.24, 2.45) is 0 Å². The maximum atomic E-state index is 5.45. The molecule has 0 radical (unpaired) electrons. The second-order valence-electron chi connectivity index (χ2n) is 8.58. The number of aryl methyl sites for hydroxylation is 1. The van der Waals surface area contributed by atoms with Gasteiger partial charge >= 0.3 is 0 Å². The van der Waals surface area contributed by atoms with E-state index in [1.54, 1.807) is 12.5 Å². The molecule has 6 rings (SSSR count). The number of benzene rings is 2. The minimum absolute atomic E-state index is 0.266. The second kappa shape index (κ2) is 8.64. The molecule has 0 aliphatic heterocycles. The Kier molecular flexibility index (Phi) is 5.20. The number of hydrogen-bond donors (Lipinski definition) is 0. The fraction of sp³-hybridized carbons (Fsp3) is 0.222. The van der Waals surface area contributed by atoms with Crippen molar-refractivity contribution in [1.82, 2.24) is 24.4 Å². The van der Waals surface area contributed by atoms with Gasteiger partial charge in [-0.05, 0) is 60.7 Å². The highest BCUT2D eigenvalue weighted by molar-refractivity contribution is 5.74. The van der Waals surface area contributed by atoms with E-state index in [1.165, 1.54) is 23.2 Å². The molecule has 0 amide bonds. The summed E-state index contributed by atoms with van der Waals surface area (Å²) in [7, 11) is 0. The van der Waals surface area contributed by atoms with Gasteiger partial charge in [0.25, 0.3) is 0 Å². The van der Waals surface area contributed by atoms with E-state index < -0.39 is 0 Å². The topological polar surface area (TPSA) is 60.0 Å². The average Bonchev–Trinajstić information content (AvgIpc) is 3.55. The summed E-state index contributed by atoms with van der Waals surface area (Å²) in [5, 5.41) is 0. The zero-order chi connectivity index (χ0) is 22.0. The molecular weight excluding hydrogens is 410 g/mol. The molecule has 3 heterocycles. The van der Waals surface area contributed by atoms with Crippen LogP contribution in [-0.4, -0.2) is 24.4 Å². The first-order chi connectivity index (χ1) is 16.3. The molecule has 0 N–H and O–H groups in total. The normalized spacial score (nSPS) is 15.7. The number of imidazole rings is 1. The molecule has 0 spiro atoms. The van der Waals surface area contributed by atoms with Crippen LogP contribution in [0.3, 0.4) is 0 Å². The summed E-state index contributed by atoms with van der Waals surface area (Å²) < 4.78 is 7.69. The van der Waals surface area contributed by atoms with Crippen molar-refractivity contribution in [1.29, 1.82) is 0 Å². The highest BCUT2D eigenvalue weighted by Crippen LogP contribution is 2.34. The Morgan fingerprint density at radius 1 is 0.939 bits per heavy atom. The Morgan fingerprint density at radius 3 is 2.73 bits per heavy atom. The van der Waals surface area contributed by atoms with Gasteiger partial charge in [-0.2, -0.15) is 0 Å². The number of pyridine rings is 1. The summed E-state index contributed by atoms with van der Waals surface area (Å²) >= 11 is 0. The molecule has 0 saturated carbocycles. The minimum Gasteiger partial charge on any atom is -0.445 e. The Bertz CT molecular complexity index is 1360. The summed E-state index contributed by atoms with van der Waals surface area (Å²) in [6.45, 7) is 1.57. The molecule has 33 heavy (non-hydrogen) atoms. The molecule has 3 aromatic heterocycles. The summed E-state index contributed by atoms with van der Waals surface area (Å²) in [5.41, 5.74) is 6.99. The number of fused-ring (bicyclic) bond motifs is 2. The second-order valence-corrected chi connectivity index (χ2v) is 8.58. The van der Waals surface area contributed by atoms with Gasteiger partial charge in [0.1, 0.15) is 6.26 Å².